The van der Waals surface area contributed by atoms with Crippen LogP contribution < -0.4 is 5.32 Å². The fourth-order valence-electron chi connectivity index (χ4n) is 1.43. The lowest BCUT2D eigenvalue weighted by Crippen LogP contribution is -2.34. The molecule has 1 atom stereocenters. The number of hydrogen-bond acceptors (Lipinski definition) is 5. The van der Waals surface area contributed by atoms with E-state index in [1.165, 1.54) is 0 Å². The zero-order valence-electron chi connectivity index (χ0n) is 9.01. The molecule has 2 rings (SSSR count). The third-order valence-electron chi connectivity index (χ3n) is 2.31. The highest BCUT2D eigenvalue weighted by Crippen LogP contribution is 2.19. The largest absolute Gasteiger partial charge is 0.466 e. The average Bonchev–Trinajstić information content (AvgIpc) is 2.90. The van der Waals surface area contributed by atoms with Crippen LogP contribution in [0.2, 0.25) is 0 Å². The topological polar surface area (TPSA) is 58.3 Å². The Morgan fingerprint density at radius 1 is 1.62 bits per heavy atom. The van der Waals surface area contributed by atoms with Crippen molar-refractivity contribution in [2.24, 2.45) is 0 Å². The van der Waals surface area contributed by atoms with Crippen LogP contribution in [0.1, 0.15) is 18.4 Å². The Kier molecular flexibility index (Phi) is 3.38. The van der Waals surface area contributed by atoms with E-state index in [1.54, 1.807) is 42.2 Å². The molecular weight excluding hydrogens is 224 g/mol. The average molecular weight is 238 g/mol. The van der Waals surface area contributed by atoms with Crippen molar-refractivity contribution in [3.05, 3.63) is 40.7 Å². The lowest BCUT2D eigenvalue weighted by molar-refractivity contribution is 0.0340. The van der Waals surface area contributed by atoms with Gasteiger partial charge in [0.15, 0.2) is 0 Å². The van der Waals surface area contributed by atoms with Gasteiger partial charge in [0.2, 0.25) is 0 Å². The fraction of sp³-hybridized carbons (Fsp3) is 0.364. The predicted octanol–water partition coefficient (Wildman–Crippen LogP) is 1.73. The van der Waals surface area contributed by atoms with Crippen LogP contribution in [0.3, 0.4) is 0 Å². The molecule has 0 aliphatic rings. The van der Waals surface area contributed by atoms with Gasteiger partial charge < -0.3 is 14.8 Å². The highest BCUT2D eigenvalue weighted by molar-refractivity contribution is 7.07. The van der Waals surface area contributed by atoms with Gasteiger partial charge in [-0.1, -0.05) is 0 Å². The molecule has 0 saturated carbocycles. The second kappa shape index (κ2) is 4.78. The van der Waals surface area contributed by atoms with Crippen molar-refractivity contribution in [2.75, 3.05) is 6.54 Å². The molecular formula is C11H14N2O2S. The molecule has 0 saturated heterocycles. The van der Waals surface area contributed by atoms with E-state index < -0.39 is 5.60 Å². The number of thiazole rings is 1. The van der Waals surface area contributed by atoms with E-state index in [9.17, 15) is 5.11 Å². The highest BCUT2D eigenvalue weighted by Gasteiger charge is 2.25. The number of aromatic nitrogens is 1. The second-order valence-electron chi connectivity index (χ2n) is 3.83. The van der Waals surface area contributed by atoms with Crippen molar-refractivity contribution in [1.29, 1.82) is 0 Å². The molecule has 0 spiro atoms. The minimum atomic E-state index is -0.987. The Morgan fingerprint density at radius 2 is 2.50 bits per heavy atom. The highest BCUT2D eigenvalue weighted by atomic mass is 32.1. The van der Waals surface area contributed by atoms with E-state index in [4.69, 9.17) is 4.42 Å². The predicted molar refractivity (Wildman–Crippen MR) is 62.1 cm³/mol. The number of aliphatic hydroxyl groups is 1. The van der Waals surface area contributed by atoms with Gasteiger partial charge in [-0.2, -0.15) is 0 Å². The van der Waals surface area contributed by atoms with Crippen molar-refractivity contribution >= 4 is 11.3 Å². The van der Waals surface area contributed by atoms with E-state index >= 15 is 0 Å². The van der Waals surface area contributed by atoms with Crippen LogP contribution in [0.25, 0.3) is 0 Å². The molecule has 2 aromatic heterocycles. The molecule has 5 heteroatoms. The number of nitrogens with zero attached hydrogens (tertiary/aromatic N) is 1. The summed E-state index contributed by atoms with van der Waals surface area (Å²) in [5.74, 6) is 0.568. The van der Waals surface area contributed by atoms with Gasteiger partial charge in [-0.3, -0.25) is 0 Å². The standard InChI is InChI=1S/C11H14N2O2S/c1-11(14,10-3-2-4-15-10)7-12-5-9-6-16-8-13-9/h2-4,6,8,12,14H,5,7H2,1H3. The van der Waals surface area contributed by atoms with Crippen LogP contribution in [0.5, 0.6) is 0 Å². The molecule has 0 bridgehead atoms. The minimum absolute atomic E-state index is 0.429. The summed E-state index contributed by atoms with van der Waals surface area (Å²) in [6.07, 6.45) is 1.56. The SMILES string of the molecule is CC(O)(CNCc1cscn1)c1ccco1. The zero-order chi connectivity index (χ0) is 11.4. The first-order chi connectivity index (χ1) is 7.68. The summed E-state index contributed by atoms with van der Waals surface area (Å²) in [6, 6.07) is 3.54. The molecule has 0 radical (unpaired) electrons. The van der Waals surface area contributed by atoms with Crippen molar-refractivity contribution in [2.45, 2.75) is 19.1 Å². The van der Waals surface area contributed by atoms with E-state index in [0.29, 0.717) is 18.8 Å². The third-order valence-corrected chi connectivity index (χ3v) is 2.95. The van der Waals surface area contributed by atoms with Gasteiger partial charge in [0, 0.05) is 18.5 Å². The molecule has 0 fully saturated rings. The van der Waals surface area contributed by atoms with Gasteiger partial charge in [0.05, 0.1) is 17.5 Å². The first kappa shape index (κ1) is 11.3. The summed E-state index contributed by atoms with van der Waals surface area (Å²) in [5.41, 5.74) is 1.79. The van der Waals surface area contributed by atoms with Crippen molar-refractivity contribution < 1.29 is 9.52 Å². The molecule has 0 aromatic carbocycles. The molecule has 2 N–H and O–H groups in total. The van der Waals surface area contributed by atoms with E-state index in [0.717, 1.165) is 5.69 Å². The van der Waals surface area contributed by atoms with Gasteiger partial charge in [-0.05, 0) is 19.1 Å². The summed E-state index contributed by atoms with van der Waals surface area (Å²) in [6.45, 7) is 2.80. The molecule has 1 unspecified atom stereocenters. The Labute approximate surface area is 97.9 Å². The van der Waals surface area contributed by atoms with Crippen molar-refractivity contribution in [3.63, 3.8) is 0 Å². The van der Waals surface area contributed by atoms with Crippen molar-refractivity contribution in [3.8, 4) is 0 Å². The van der Waals surface area contributed by atoms with Crippen molar-refractivity contribution in [1.82, 2.24) is 10.3 Å². The van der Waals surface area contributed by atoms with Gasteiger partial charge in [0.25, 0.3) is 0 Å². The van der Waals surface area contributed by atoms with Gasteiger partial charge in [-0.15, -0.1) is 11.3 Å². The molecule has 16 heavy (non-hydrogen) atoms. The lowest BCUT2D eigenvalue weighted by atomic mass is 10.0. The minimum Gasteiger partial charge on any atom is -0.466 e. The van der Waals surface area contributed by atoms with Crippen LogP contribution >= 0.6 is 11.3 Å². The Bertz CT molecular complexity index is 409. The quantitative estimate of drug-likeness (QED) is 0.833. The first-order valence-electron chi connectivity index (χ1n) is 5.02. The lowest BCUT2D eigenvalue weighted by Gasteiger charge is -2.20. The first-order valence-corrected chi connectivity index (χ1v) is 5.97. The van der Waals surface area contributed by atoms with E-state index in [1.807, 2.05) is 5.38 Å². The van der Waals surface area contributed by atoms with Crippen LogP contribution in [0, 0.1) is 0 Å². The molecule has 2 aromatic rings. The van der Waals surface area contributed by atoms with E-state index in [2.05, 4.69) is 10.3 Å². The second-order valence-corrected chi connectivity index (χ2v) is 4.55. The van der Waals surface area contributed by atoms with Crippen LogP contribution in [-0.2, 0) is 12.1 Å². The molecule has 0 aliphatic carbocycles. The van der Waals surface area contributed by atoms with Crippen LogP contribution in [0.15, 0.2) is 33.7 Å². The normalized spacial score (nSPS) is 14.9. The Hall–Kier alpha value is -1.17. The molecule has 0 amide bonds. The Balaban J connectivity index is 1.85. The number of rotatable bonds is 5. The third kappa shape index (κ3) is 2.69. The van der Waals surface area contributed by atoms with Gasteiger partial charge >= 0.3 is 0 Å². The summed E-state index contributed by atoms with van der Waals surface area (Å²) >= 11 is 1.56. The molecule has 4 nitrogen and oxygen atoms in total. The summed E-state index contributed by atoms with van der Waals surface area (Å²) in [5, 5.41) is 15.3. The Morgan fingerprint density at radius 3 is 3.12 bits per heavy atom. The zero-order valence-corrected chi connectivity index (χ0v) is 9.83. The number of nitrogens with one attached hydrogen (secondary N) is 1. The molecule has 86 valence electrons. The maximum Gasteiger partial charge on any atom is 0.136 e. The summed E-state index contributed by atoms with van der Waals surface area (Å²) in [7, 11) is 0. The number of hydrogen-bond donors (Lipinski definition) is 2. The summed E-state index contributed by atoms with van der Waals surface area (Å²) in [4.78, 5) is 4.15. The maximum atomic E-state index is 10.1. The van der Waals surface area contributed by atoms with Crippen LogP contribution in [-0.4, -0.2) is 16.6 Å². The molecule has 0 aliphatic heterocycles. The molecule has 2 heterocycles. The number of furan rings is 1. The van der Waals surface area contributed by atoms with E-state index in [-0.39, 0.29) is 0 Å². The fourth-order valence-corrected chi connectivity index (χ4v) is 1.99. The monoisotopic (exact) mass is 238 g/mol. The van der Waals surface area contributed by atoms with Gasteiger partial charge in [-0.25, -0.2) is 4.98 Å². The van der Waals surface area contributed by atoms with Crippen LogP contribution in [0.4, 0.5) is 0 Å². The smallest absolute Gasteiger partial charge is 0.136 e. The van der Waals surface area contributed by atoms with Gasteiger partial charge in [0.1, 0.15) is 11.4 Å². The maximum absolute atomic E-state index is 10.1. The summed E-state index contributed by atoms with van der Waals surface area (Å²) < 4.78 is 5.18.